The second-order valence-electron chi connectivity index (χ2n) is 5.15. The second kappa shape index (κ2) is 6.40. The van der Waals surface area contributed by atoms with Crippen molar-refractivity contribution in [2.75, 3.05) is 6.61 Å². The van der Waals surface area contributed by atoms with Gasteiger partial charge in [-0.2, -0.15) is 0 Å². The minimum absolute atomic E-state index is 0.179. The molecular formula is C14H23N3O. The van der Waals surface area contributed by atoms with Gasteiger partial charge < -0.3 is 10.2 Å². The highest BCUT2D eigenvalue weighted by molar-refractivity contribution is 5.98. The summed E-state index contributed by atoms with van der Waals surface area (Å²) in [6, 6.07) is 7.78. The normalized spacial score (nSPS) is 12.4. The molecule has 4 nitrogen and oxygen atoms in total. The lowest BCUT2D eigenvalue weighted by Crippen LogP contribution is -2.33. The van der Waals surface area contributed by atoms with Crippen LogP contribution in [0.25, 0.3) is 0 Å². The molecule has 0 amide bonds. The number of aliphatic imine (C=N–C) groups is 1. The van der Waals surface area contributed by atoms with Crippen LogP contribution in [0.1, 0.15) is 39.7 Å². The van der Waals surface area contributed by atoms with Gasteiger partial charge in [0.2, 0.25) is 0 Å². The Labute approximate surface area is 109 Å². The van der Waals surface area contributed by atoms with Crippen molar-refractivity contribution in [3.05, 3.63) is 29.8 Å². The number of nitrogens with one attached hydrogen (secondary N) is 1. The molecule has 0 aromatic heterocycles. The number of nitrogens with two attached hydrogens (primary N) is 1. The van der Waals surface area contributed by atoms with Crippen molar-refractivity contribution in [1.29, 1.82) is 0 Å². The zero-order chi connectivity index (χ0) is 13.6. The number of rotatable bonds is 4. The lowest BCUT2D eigenvalue weighted by molar-refractivity contribution is 0.317. The Kier molecular flexibility index (Phi) is 5.16. The van der Waals surface area contributed by atoms with Gasteiger partial charge in [-0.1, -0.05) is 19.1 Å². The first-order chi connectivity index (χ1) is 8.46. The molecule has 18 heavy (non-hydrogen) atoms. The van der Waals surface area contributed by atoms with E-state index in [-0.39, 0.29) is 5.54 Å². The molecule has 0 saturated carbocycles. The van der Waals surface area contributed by atoms with E-state index in [9.17, 15) is 0 Å². The van der Waals surface area contributed by atoms with Gasteiger partial charge in [-0.25, -0.2) is 5.84 Å². The van der Waals surface area contributed by atoms with Crippen LogP contribution in [0.5, 0.6) is 5.75 Å². The third kappa shape index (κ3) is 4.75. The Hall–Kier alpha value is -1.55. The minimum Gasteiger partial charge on any atom is -0.494 e. The Morgan fingerprint density at radius 3 is 2.67 bits per heavy atom. The molecule has 0 heterocycles. The standard InChI is InChI=1S/C14H23N3O/c1-5-9-18-12-8-6-7-11(10-12)13(17-15)16-14(2,3)4/h6-8,10H,5,9,15H2,1-4H3,(H,16,17). The number of benzene rings is 1. The van der Waals surface area contributed by atoms with Crippen molar-refractivity contribution in [2.24, 2.45) is 10.8 Å². The van der Waals surface area contributed by atoms with E-state index in [1.807, 2.05) is 45.0 Å². The van der Waals surface area contributed by atoms with Crippen LogP contribution in [-0.4, -0.2) is 18.0 Å². The zero-order valence-corrected chi connectivity index (χ0v) is 11.7. The van der Waals surface area contributed by atoms with Gasteiger partial charge >= 0.3 is 0 Å². The molecule has 0 bridgehead atoms. The summed E-state index contributed by atoms with van der Waals surface area (Å²) in [5.74, 6) is 7.05. The average Bonchev–Trinajstić information content (AvgIpc) is 2.32. The van der Waals surface area contributed by atoms with Crippen molar-refractivity contribution in [1.82, 2.24) is 5.43 Å². The topological polar surface area (TPSA) is 59.6 Å². The van der Waals surface area contributed by atoms with E-state index >= 15 is 0 Å². The molecule has 0 radical (unpaired) electrons. The van der Waals surface area contributed by atoms with E-state index in [1.165, 1.54) is 0 Å². The lowest BCUT2D eigenvalue weighted by atomic mass is 10.1. The first-order valence-electron chi connectivity index (χ1n) is 6.26. The van der Waals surface area contributed by atoms with E-state index < -0.39 is 0 Å². The first-order valence-corrected chi connectivity index (χ1v) is 6.26. The fraction of sp³-hybridized carbons (Fsp3) is 0.500. The number of amidine groups is 1. The van der Waals surface area contributed by atoms with Gasteiger partial charge in [0.05, 0.1) is 12.1 Å². The van der Waals surface area contributed by atoms with Gasteiger partial charge in [0.25, 0.3) is 0 Å². The smallest absolute Gasteiger partial charge is 0.143 e. The summed E-state index contributed by atoms with van der Waals surface area (Å²) in [6.45, 7) is 8.88. The van der Waals surface area contributed by atoms with E-state index in [2.05, 4.69) is 17.3 Å². The maximum absolute atomic E-state index is 5.60. The van der Waals surface area contributed by atoms with E-state index in [4.69, 9.17) is 10.6 Å². The Morgan fingerprint density at radius 1 is 1.39 bits per heavy atom. The molecule has 0 fully saturated rings. The van der Waals surface area contributed by atoms with Gasteiger partial charge in [-0.3, -0.25) is 4.99 Å². The maximum Gasteiger partial charge on any atom is 0.143 e. The van der Waals surface area contributed by atoms with Crippen LogP contribution >= 0.6 is 0 Å². The van der Waals surface area contributed by atoms with Crippen molar-refractivity contribution < 1.29 is 4.74 Å². The summed E-state index contributed by atoms with van der Waals surface area (Å²) in [4.78, 5) is 4.54. The SMILES string of the molecule is CCCOc1cccc(C(=NC(C)(C)C)NN)c1. The molecule has 3 N–H and O–H groups in total. The second-order valence-corrected chi connectivity index (χ2v) is 5.15. The largest absolute Gasteiger partial charge is 0.494 e. The highest BCUT2D eigenvalue weighted by atomic mass is 16.5. The molecule has 1 rings (SSSR count). The number of hydrazine groups is 1. The van der Waals surface area contributed by atoms with Gasteiger partial charge in [0, 0.05) is 5.56 Å². The maximum atomic E-state index is 5.60. The van der Waals surface area contributed by atoms with Crippen LogP contribution in [0.3, 0.4) is 0 Å². The summed E-state index contributed by atoms with van der Waals surface area (Å²) < 4.78 is 5.60. The summed E-state index contributed by atoms with van der Waals surface area (Å²) in [7, 11) is 0. The minimum atomic E-state index is -0.179. The van der Waals surface area contributed by atoms with Crippen LogP contribution < -0.4 is 16.0 Å². The summed E-state index contributed by atoms with van der Waals surface area (Å²) in [5, 5.41) is 0. The molecule has 1 aromatic rings. The first kappa shape index (κ1) is 14.5. The van der Waals surface area contributed by atoms with Crippen molar-refractivity contribution in [2.45, 2.75) is 39.7 Å². The monoisotopic (exact) mass is 249 g/mol. The Balaban J connectivity index is 2.96. The highest BCUT2D eigenvalue weighted by Crippen LogP contribution is 2.15. The predicted octanol–water partition coefficient (Wildman–Crippen LogP) is 2.48. The molecule has 0 unspecified atom stereocenters. The average molecular weight is 249 g/mol. The lowest BCUT2D eigenvalue weighted by Gasteiger charge is -2.16. The number of nitrogens with zero attached hydrogens (tertiary/aromatic N) is 1. The molecule has 1 aromatic carbocycles. The summed E-state index contributed by atoms with van der Waals surface area (Å²) >= 11 is 0. The van der Waals surface area contributed by atoms with Gasteiger partial charge in [0.1, 0.15) is 11.6 Å². The van der Waals surface area contributed by atoms with E-state index in [1.54, 1.807) is 0 Å². The quantitative estimate of drug-likeness (QED) is 0.373. The Morgan fingerprint density at radius 2 is 2.11 bits per heavy atom. The van der Waals surface area contributed by atoms with Crippen LogP contribution in [0.2, 0.25) is 0 Å². The van der Waals surface area contributed by atoms with Gasteiger partial charge in [-0.05, 0) is 39.3 Å². The molecule has 0 saturated heterocycles. The molecule has 0 spiro atoms. The van der Waals surface area contributed by atoms with Gasteiger partial charge in [-0.15, -0.1) is 0 Å². The Bertz CT molecular complexity index is 408. The van der Waals surface area contributed by atoms with Crippen LogP contribution in [0, 0.1) is 0 Å². The fourth-order valence-electron chi connectivity index (χ4n) is 1.47. The van der Waals surface area contributed by atoms with E-state index in [0.717, 1.165) is 17.7 Å². The zero-order valence-electron chi connectivity index (χ0n) is 11.7. The fourth-order valence-corrected chi connectivity index (χ4v) is 1.47. The van der Waals surface area contributed by atoms with Crippen molar-refractivity contribution in [3.63, 3.8) is 0 Å². The molecular weight excluding hydrogens is 226 g/mol. The van der Waals surface area contributed by atoms with Crippen LogP contribution in [0.4, 0.5) is 0 Å². The molecule has 0 atom stereocenters. The molecule has 0 aliphatic rings. The summed E-state index contributed by atoms with van der Waals surface area (Å²) in [6.07, 6.45) is 0.988. The van der Waals surface area contributed by atoms with Crippen LogP contribution in [-0.2, 0) is 0 Å². The van der Waals surface area contributed by atoms with Crippen molar-refractivity contribution in [3.8, 4) is 5.75 Å². The molecule has 0 aliphatic carbocycles. The van der Waals surface area contributed by atoms with Crippen molar-refractivity contribution >= 4 is 5.84 Å². The number of hydrogen-bond donors (Lipinski definition) is 2. The number of hydrogen-bond acceptors (Lipinski definition) is 3. The van der Waals surface area contributed by atoms with E-state index in [0.29, 0.717) is 12.4 Å². The number of ether oxygens (including phenoxy) is 1. The van der Waals surface area contributed by atoms with Crippen LogP contribution in [0.15, 0.2) is 29.3 Å². The third-order valence-corrected chi connectivity index (χ3v) is 2.16. The molecule has 4 heteroatoms. The molecule has 0 aliphatic heterocycles. The van der Waals surface area contributed by atoms with Gasteiger partial charge in [0.15, 0.2) is 0 Å². The highest BCUT2D eigenvalue weighted by Gasteiger charge is 2.11. The molecule has 100 valence electrons. The predicted molar refractivity (Wildman–Crippen MR) is 75.8 cm³/mol. The third-order valence-electron chi connectivity index (χ3n) is 2.16. The summed E-state index contributed by atoms with van der Waals surface area (Å²) in [5.41, 5.74) is 3.41.